The van der Waals surface area contributed by atoms with Crippen LogP contribution in [0.4, 0.5) is 11.4 Å². The summed E-state index contributed by atoms with van der Waals surface area (Å²) in [6.07, 6.45) is 0. The van der Waals surface area contributed by atoms with E-state index in [2.05, 4.69) is 157 Å². The molecule has 0 atom stereocenters. The molecule has 1 aliphatic rings. The van der Waals surface area contributed by atoms with E-state index < -0.39 is 0 Å². The molecule has 1 heteroatoms. The first kappa shape index (κ1) is 22.3. The fraction of sp³-hybridized carbons (Fsp3) is 0.0270. The van der Waals surface area contributed by atoms with Crippen molar-refractivity contribution in [3.63, 3.8) is 0 Å². The van der Waals surface area contributed by atoms with E-state index in [-0.39, 0.29) is 5.41 Å². The molecule has 0 fully saturated rings. The van der Waals surface area contributed by atoms with Crippen LogP contribution in [0.3, 0.4) is 0 Å². The zero-order valence-corrected chi connectivity index (χ0v) is 21.0. The predicted molar refractivity (Wildman–Crippen MR) is 159 cm³/mol. The number of nitrogens with one attached hydrogen (secondary N) is 1. The van der Waals surface area contributed by atoms with Gasteiger partial charge in [0.25, 0.3) is 0 Å². The SMILES string of the molecule is c1ccc(-c2ccc(Nc3ccc(C4(c5ccccc5)c5ccccc5-c5ccccc54)cc3)cc2)cc1. The summed E-state index contributed by atoms with van der Waals surface area (Å²) in [5.41, 5.74) is 12.1. The molecule has 0 spiro atoms. The van der Waals surface area contributed by atoms with Crippen molar-refractivity contribution in [1.82, 2.24) is 0 Å². The molecule has 0 aromatic heterocycles. The van der Waals surface area contributed by atoms with E-state index in [1.54, 1.807) is 0 Å². The van der Waals surface area contributed by atoms with Gasteiger partial charge in [-0.1, -0.05) is 133 Å². The van der Waals surface area contributed by atoms with Crippen molar-refractivity contribution in [3.05, 3.63) is 180 Å². The first-order valence-electron chi connectivity index (χ1n) is 13.1. The van der Waals surface area contributed by atoms with E-state index in [0.29, 0.717) is 0 Å². The number of rotatable bonds is 5. The van der Waals surface area contributed by atoms with Crippen LogP contribution in [0, 0.1) is 0 Å². The van der Waals surface area contributed by atoms with Crippen LogP contribution in [0.1, 0.15) is 22.3 Å². The van der Waals surface area contributed by atoms with E-state index in [0.717, 1.165) is 11.4 Å². The van der Waals surface area contributed by atoms with Gasteiger partial charge in [0.2, 0.25) is 0 Å². The molecular weight excluding hydrogens is 458 g/mol. The first-order valence-corrected chi connectivity index (χ1v) is 13.1. The van der Waals surface area contributed by atoms with Gasteiger partial charge in [0.1, 0.15) is 0 Å². The minimum Gasteiger partial charge on any atom is -0.356 e. The van der Waals surface area contributed by atoms with Gasteiger partial charge in [-0.2, -0.15) is 0 Å². The molecule has 180 valence electrons. The molecule has 38 heavy (non-hydrogen) atoms. The van der Waals surface area contributed by atoms with Crippen molar-refractivity contribution in [2.75, 3.05) is 5.32 Å². The van der Waals surface area contributed by atoms with Gasteiger partial charge in [0, 0.05) is 11.4 Å². The van der Waals surface area contributed by atoms with Crippen molar-refractivity contribution in [1.29, 1.82) is 0 Å². The van der Waals surface area contributed by atoms with Crippen LogP contribution in [-0.2, 0) is 5.41 Å². The second-order valence-electron chi connectivity index (χ2n) is 9.85. The average molecular weight is 486 g/mol. The predicted octanol–water partition coefficient (Wildman–Crippen LogP) is 9.46. The summed E-state index contributed by atoms with van der Waals surface area (Å²) in [4.78, 5) is 0. The van der Waals surface area contributed by atoms with Crippen molar-refractivity contribution in [2.45, 2.75) is 5.41 Å². The maximum Gasteiger partial charge on any atom is 0.0713 e. The van der Waals surface area contributed by atoms with Crippen LogP contribution >= 0.6 is 0 Å². The highest BCUT2D eigenvalue weighted by Crippen LogP contribution is 2.55. The van der Waals surface area contributed by atoms with Crippen molar-refractivity contribution >= 4 is 11.4 Å². The summed E-state index contributed by atoms with van der Waals surface area (Å²) in [5, 5.41) is 3.59. The molecule has 6 aromatic carbocycles. The Hall–Kier alpha value is -4.88. The third-order valence-corrected chi connectivity index (χ3v) is 7.76. The quantitative estimate of drug-likeness (QED) is 0.256. The summed E-state index contributed by atoms with van der Waals surface area (Å²) >= 11 is 0. The maximum atomic E-state index is 3.59. The summed E-state index contributed by atoms with van der Waals surface area (Å²) < 4.78 is 0. The van der Waals surface area contributed by atoms with Gasteiger partial charge in [-0.25, -0.2) is 0 Å². The van der Waals surface area contributed by atoms with Gasteiger partial charge in [-0.05, 0) is 68.8 Å². The Balaban J connectivity index is 1.29. The first-order chi connectivity index (χ1) is 18.8. The minimum absolute atomic E-state index is 0.357. The summed E-state index contributed by atoms with van der Waals surface area (Å²) in [6.45, 7) is 0. The zero-order valence-electron chi connectivity index (χ0n) is 21.0. The van der Waals surface area contributed by atoms with Gasteiger partial charge in [0.15, 0.2) is 0 Å². The Morgan fingerprint density at radius 3 is 1.34 bits per heavy atom. The number of anilines is 2. The summed E-state index contributed by atoms with van der Waals surface area (Å²) in [5.74, 6) is 0. The van der Waals surface area contributed by atoms with Gasteiger partial charge < -0.3 is 5.32 Å². The molecular formula is C37H27N. The molecule has 7 rings (SSSR count). The molecule has 0 radical (unpaired) electrons. The normalized spacial score (nSPS) is 12.9. The summed E-state index contributed by atoms with van der Waals surface area (Å²) in [6, 6.07) is 56.7. The Morgan fingerprint density at radius 1 is 0.342 bits per heavy atom. The van der Waals surface area contributed by atoms with E-state index >= 15 is 0 Å². The highest BCUT2D eigenvalue weighted by molar-refractivity contribution is 5.86. The molecule has 0 unspecified atom stereocenters. The van der Waals surface area contributed by atoms with Crippen LogP contribution < -0.4 is 5.32 Å². The molecule has 1 nitrogen and oxygen atoms in total. The lowest BCUT2D eigenvalue weighted by Gasteiger charge is -2.34. The van der Waals surface area contributed by atoms with Gasteiger partial charge in [-0.15, -0.1) is 0 Å². The highest BCUT2D eigenvalue weighted by atomic mass is 14.9. The fourth-order valence-electron chi connectivity index (χ4n) is 6.06. The van der Waals surface area contributed by atoms with E-state index in [9.17, 15) is 0 Å². The van der Waals surface area contributed by atoms with Crippen molar-refractivity contribution in [3.8, 4) is 22.3 Å². The lowest BCUT2D eigenvalue weighted by molar-refractivity contribution is 0.768. The lowest BCUT2D eigenvalue weighted by atomic mass is 9.68. The Labute approximate surface area is 224 Å². The minimum atomic E-state index is -0.357. The maximum absolute atomic E-state index is 3.59. The number of hydrogen-bond donors (Lipinski definition) is 1. The summed E-state index contributed by atoms with van der Waals surface area (Å²) in [7, 11) is 0. The third-order valence-electron chi connectivity index (χ3n) is 7.76. The smallest absolute Gasteiger partial charge is 0.0713 e. The molecule has 0 bridgehead atoms. The molecule has 1 N–H and O–H groups in total. The standard InChI is InChI=1S/C37H27N/c1-3-11-27(12-4-1)28-19-23-31(24-20-28)38-32-25-21-30(22-26-32)37(29-13-5-2-6-14-29)35-17-9-7-15-33(35)34-16-8-10-18-36(34)37/h1-26,38H. The number of fused-ring (bicyclic) bond motifs is 3. The van der Waals surface area contributed by atoms with E-state index in [1.165, 1.54) is 44.5 Å². The Kier molecular flexibility index (Phi) is 5.41. The fourth-order valence-corrected chi connectivity index (χ4v) is 6.06. The lowest BCUT2D eigenvalue weighted by Crippen LogP contribution is -2.28. The molecule has 0 heterocycles. The van der Waals surface area contributed by atoms with Crippen LogP contribution in [0.5, 0.6) is 0 Å². The van der Waals surface area contributed by atoms with Gasteiger partial charge >= 0.3 is 0 Å². The van der Waals surface area contributed by atoms with Crippen molar-refractivity contribution in [2.24, 2.45) is 0 Å². The van der Waals surface area contributed by atoms with E-state index in [4.69, 9.17) is 0 Å². The number of hydrogen-bond acceptors (Lipinski definition) is 1. The van der Waals surface area contributed by atoms with Gasteiger partial charge in [0.05, 0.1) is 5.41 Å². The number of benzene rings is 6. The van der Waals surface area contributed by atoms with E-state index in [1.807, 2.05) is 6.07 Å². The molecule has 0 amide bonds. The molecule has 0 saturated heterocycles. The average Bonchev–Trinajstić information content (AvgIpc) is 3.30. The van der Waals surface area contributed by atoms with Crippen molar-refractivity contribution < 1.29 is 0 Å². The molecule has 0 saturated carbocycles. The topological polar surface area (TPSA) is 12.0 Å². The third kappa shape index (κ3) is 3.55. The Bertz CT molecular complexity index is 1650. The van der Waals surface area contributed by atoms with Crippen LogP contribution in [0.25, 0.3) is 22.3 Å². The molecule has 6 aromatic rings. The molecule has 1 aliphatic carbocycles. The Morgan fingerprint density at radius 2 is 0.763 bits per heavy atom. The second-order valence-corrected chi connectivity index (χ2v) is 9.85. The zero-order chi connectivity index (χ0) is 25.4. The second kappa shape index (κ2) is 9.21. The van der Waals surface area contributed by atoms with Crippen LogP contribution in [0.15, 0.2) is 158 Å². The largest absolute Gasteiger partial charge is 0.356 e. The monoisotopic (exact) mass is 485 g/mol. The van der Waals surface area contributed by atoms with Gasteiger partial charge in [-0.3, -0.25) is 0 Å². The molecule has 0 aliphatic heterocycles. The highest BCUT2D eigenvalue weighted by Gasteiger charge is 2.45. The van der Waals surface area contributed by atoms with Crippen LogP contribution in [-0.4, -0.2) is 0 Å². The van der Waals surface area contributed by atoms with Crippen LogP contribution in [0.2, 0.25) is 0 Å².